The van der Waals surface area contributed by atoms with E-state index in [2.05, 4.69) is 24.4 Å². The van der Waals surface area contributed by atoms with Gasteiger partial charge in [0.05, 0.1) is 35.8 Å². The fourth-order valence-electron chi connectivity index (χ4n) is 4.75. The summed E-state index contributed by atoms with van der Waals surface area (Å²) in [6.07, 6.45) is -2.16. The minimum Gasteiger partial charge on any atom is -0.463 e. The highest BCUT2D eigenvalue weighted by Gasteiger charge is 2.39. The third-order valence-corrected chi connectivity index (χ3v) is 6.76. The molecule has 1 heterocycles. The van der Waals surface area contributed by atoms with Crippen LogP contribution in [-0.4, -0.2) is 43.1 Å². The summed E-state index contributed by atoms with van der Waals surface area (Å²) in [6.45, 7) is 9.24. The van der Waals surface area contributed by atoms with Crippen LogP contribution in [0.15, 0.2) is 77.6 Å². The lowest BCUT2D eigenvalue weighted by Gasteiger charge is -2.35. The molecule has 2 aromatic carbocycles. The summed E-state index contributed by atoms with van der Waals surface area (Å²) in [7, 11) is 0. The molecule has 2 atom stereocenters. The van der Waals surface area contributed by atoms with Gasteiger partial charge in [0.15, 0.2) is 0 Å². The van der Waals surface area contributed by atoms with Gasteiger partial charge in [-0.15, -0.1) is 0 Å². The molecule has 0 saturated heterocycles. The number of esters is 2. The lowest BCUT2D eigenvalue weighted by atomic mass is 9.80. The molecule has 2 aromatic rings. The van der Waals surface area contributed by atoms with Crippen LogP contribution >= 0.6 is 0 Å². The average molecular weight is 559 g/mol. The topological polar surface area (TPSA) is 67.9 Å². The van der Waals surface area contributed by atoms with Gasteiger partial charge < -0.3 is 19.7 Å². The zero-order chi connectivity index (χ0) is 29.3. The van der Waals surface area contributed by atoms with E-state index < -0.39 is 29.6 Å². The number of ether oxygens (including phenoxy) is 2. The molecular weight excluding hydrogens is 521 g/mol. The van der Waals surface area contributed by atoms with Gasteiger partial charge in [-0.25, -0.2) is 9.59 Å². The Hall–Kier alpha value is -3.59. The molecule has 0 bridgehead atoms. The van der Waals surface area contributed by atoms with Crippen molar-refractivity contribution in [1.82, 2.24) is 10.2 Å². The van der Waals surface area contributed by atoms with E-state index in [9.17, 15) is 22.8 Å². The highest BCUT2D eigenvalue weighted by atomic mass is 19.4. The van der Waals surface area contributed by atoms with E-state index in [0.29, 0.717) is 12.2 Å². The maximum atomic E-state index is 13.6. The Kier molecular flexibility index (Phi) is 11.0. The second kappa shape index (κ2) is 14.2. The Bertz CT molecular complexity index is 1220. The van der Waals surface area contributed by atoms with E-state index in [1.807, 2.05) is 23.1 Å². The van der Waals surface area contributed by atoms with Gasteiger partial charge in [-0.2, -0.15) is 13.2 Å². The van der Waals surface area contributed by atoms with E-state index in [-0.39, 0.29) is 35.8 Å². The molecule has 0 aliphatic carbocycles. The van der Waals surface area contributed by atoms with Crippen molar-refractivity contribution in [1.29, 1.82) is 0 Å². The minimum absolute atomic E-state index is 0.0758. The van der Waals surface area contributed by atoms with Crippen molar-refractivity contribution in [3.63, 3.8) is 0 Å². The fourth-order valence-corrected chi connectivity index (χ4v) is 4.75. The van der Waals surface area contributed by atoms with Gasteiger partial charge in [0, 0.05) is 25.0 Å². The monoisotopic (exact) mass is 558 g/mol. The Balaban J connectivity index is 1.91. The van der Waals surface area contributed by atoms with Crippen molar-refractivity contribution in [2.75, 3.05) is 26.3 Å². The summed E-state index contributed by atoms with van der Waals surface area (Å²) >= 11 is 0. The third kappa shape index (κ3) is 7.97. The van der Waals surface area contributed by atoms with Gasteiger partial charge in [-0.05, 0) is 56.8 Å². The molecule has 0 saturated carbocycles. The molecule has 2 unspecified atom stereocenters. The zero-order valence-electron chi connectivity index (χ0n) is 23.4. The van der Waals surface area contributed by atoms with Crippen LogP contribution in [0.3, 0.4) is 0 Å². The third-order valence-electron chi connectivity index (χ3n) is 6.76. The zero-order valence-corrected chi connectivity index (χ0v) is 23.4. The number of carbonyl (C=O) groups excluding carboxylic acids is 2. The molecule has 1 N–H and O–H groups in total. The maximum Gasteiger partial charge on any atom is 0.416 e. The molecule has 9 heteroatoms. The molecule has 0 radical (unpaired) electrons. The van der Waals surface area contributed by atoms with Gasteiger partial charge >= 0.3 is 18.1 Å². The van der Waals surface area contributed by atoms with Gasteiger partial charge in [0.2, 0.25) is 0 Å². The molecule has 1 aliphatic heterocycles. The second-order valence-electron chi connectivity index (χ2n) is 9.79. The number of hydrogen-bond donors (Lipinski definition) is 1. The predicted molar refractivity (Wildman–Crippen MR) is 147 cm³/mol. The number of nitrogens with zero attached hydrogens (tertiary/aromatic N) is 1. The molecule has 0 amide bonds. The summed E-state index contributed by atoms with van der Waals surface area (Å²) < 4.78 is 51.3. The van der Waals surface area contributed by atoms with Gasteiger partial charge in [0.25, 0.3) is 0 Å². The standard InChI is InChI=1S/C31H37F3N2O4/c1-5-39-29(37)26-20-36(19-21(3)15-16-35-18-23-11-8-7-9-12-23)22(4)27(30(38)40-6-2)28(26)24-13-10-14-25(17-24)31(32,33)34/h7-14,17,20-21,28,35H,5-6,15-16,18-19H2,1-4H3. The number of benzene rings is 2. The normalized spacial score (nSPS) is 16.4. The van der Waals surface area contributed by atoms with Crippen LogP contribution in [0.4, 0.5) is 13.2 Å². The average Bonchev–Trinajstić information content (AvgIpc) is 2.92. The van der Waals surface area contributed by atoms with Crippen LogP contribution in [-0.2, 0) is 31.8 Å². The molecule has 0 fully saturated rings. The van der Waals surface area contributed by atoms with Crippen LogP contribution in [0.2, 0.25) is 0 Å². The van der Waals surface area contributed by atoms with E-state index >= 15 is 0 Å². The Morgan fingerprint density at radius 2 is 1.68 bits per heavy atom. The van der Waals surface area contributed by atoms with Crippen molar-refractivity contribution in [3.8, 4) is 0 Å². The van der Waals surface area contributed by atoms with Crippen LogP contribution < -0.4 is 5.32 Å². The SMILES string of the molecule is CCOC(=O)C1=CN(CC(C)CCNCc2ccccc2)C(C)=C(C(=O)OCC)C1c1cccc(C(F)(F)F)c1. The van der Waals surface area contributed by atoms with Crippen LogP contribution in [0.5, 0.6) is 0 Å². The molecule has 40 heavy (non-hydrogen) atoms. The fraction of sp³-hybridized carbons (Fsp3) is 0.419. The molecular formula is C31H37F3N2O4. The lowest BCUT2D eigenvalue weighted by Crippen LogP contribution is -2.34. The maximum absolute atomic E-state index is 13.6. The number of alkyl halides is 3. The van der Waals surface area contributed by atoms with Crippen molar-refractivity contribution < 1.29 is 32.2 Å². The summed E-state index contributed by atoms with van der Waals surface area (Å²) in [5.74, 6) is -2.29. The van der Waals surface area contributed by atoms with Crippen LogP contribution in [0, 0.1) is 5.92 Å². The summed E-state index contributed by atoms with van der Waals surface area (Å²) in [6, 6.07) is 14.8. The molecule has 1 aliphatic rings. The predicted octanol–water partition coefficient (Wildman–Crippen LogP) is 6.20. The molecule has 6 nitrogen and oxygen atoms in total. The van der Waals surface area contributed by atoms with E-state index in [1.165, 1.54) is 17.7 Å². The number of rotatable bonds is 12. The number of halogens is 3. The van der Waals surface area contributed by atoms with Crippen molar-refractivity contribution in [2.45, 2.75) is 52.8 Å². The van der Waals surface area contributed by atoms with E-state index in [1.54, 1.807) is 27.0 Å². The first-order valence-corrected chi connectivity index (χ1v) is 13.5. The highest BCUT2D eigenvalue weighted by molar-refractivity contribution is 5.99. The molecule has 0 aromatic heterocycles. The van der Waals surface area contributed by atoms with E-state index in [0.717, 1.165) is 31.6 Å². The number of nitrogens with one attached hydrogen (secondary N) is 1. The Morgan fingerprint density at radius 1 is 1.00 bits per heavy atom. The van der Waals surface area contributed by atoms with Gasteiger partial charge in [0.1, 0.15) is 0 Å². The van der Waals surface area contributed by atoms with Crippen molar-refractivity contribution >= 4 is 11.9 Å². The van der Waals surface area contributed by atoms with E-state index in [4.69, 9.17) is 9.47 Å². The first kappa shape index (κ1) is 30.9. The highest BCUT2D eigenvalue weighted by Crippen LogP contribution is 2.42. The number of carbonyl (C=O) groups is 2. The molecule has 0 spiro atoms. The lowest BCUT2D eigenvalue weighted by molar-refractivity contribution is -0.140. The number of hydrogen-bond acceptors (Lipinski definition) is 6. The first-order valence-electron chi connectivity index (χ1n) is 13.5. The summed E-state index contributed by atoms with van der Waals surface area (Å²) in [5.41, 5.74) is 1.22. The second-order valence-corrected chi connectivity index (χ2v) is 9.79. The quantitative estimate of drug-likeness (QED) is 0.247. The Morgan fingerprint density at radius 3 is 2.33 bits per heavy atom. The summed E-state index contributed by atoms with van der Waals surface area (Å²) in [5, 5.41) is 3.43. The minimum atomic E-state index is -4.59. The number of allylic oxidation sites excluding steroid dienone is 1. The largest absolute Gasteiger partial charge is 0.463 e. The first-order chi connectivity index (χ1) is 19.1. The van der Waals surface area contributed by atoms with Crippen molar-refractivity contribution in [2.24, 2.45) is 5.92 Å². The van der Waals surface area contributed by atoms with Crippen molar-refractivity contribution in [3.05, 3.63) is 94.3 Å². The molecule has 3 rings (SSSR count). The van der Waals surface area contributed by atoms with Gasteiger partial charge in [-0.1, -0.05) is 55.5 Å². The van der Waals surface area contributed by atoms with Gasteiger partial charge in [-0.3, -0.25) is 0 Å². The smallest absolute Gasteiger partial charge is 0.416 e. The Labute approximate surface area is 233 Å². The molecule has 216 valence electrons. The van der Waals surface area contributed by atoms with Crippen LogP contribution in [0.1, 0.15) is 56.7 Å². The van der Waals surface area contributed by atoms with Crippen LogP contribution in [0.25, 0.3) is 0 Å². The summed E-state index contributed by atoms with van der Waals surface area (Å²) in [4.78, 5) is 28.2.